The van der Waals surface area contributed by atoms with Crippen LogP contribution in [-0.4, -0.2) is 12.6 Å². The van der Waals surface area contributed by atoms with E-state index in [0.717, 1.165) is 12.8 Å². The molecule has 0 aliphatic carbocycles. The molecular weight excluding hydrogens is 136 g/mol. The molecule has 0 saturated carbocycles. The van der Waals surface area contributed by atoms with E-state index in [2.05, 4.69) is 19.9 Å². The van der Waals surface area contributed by atoms with Crippen molar-refractivity contribution < 1.29 is 0 Å². The van der Waals surface area contributed by atoms with Crippen LogP contribution in [0.4, 0.5) is 0 Å². The van der Waals surface area contributed by atoms with Crippen LogP contribution in [0.25, 0.3) is 0 Å². The first kappa shape index (κ1) is 10.7. The molecule has 66 valence electrons. The molecule has 0 aromatic carbocycles. The fraction of sp³-hybridized carbons (Fsp3) is 0.778. The van der Waals surface area contributed by atoms with Crippen molar-refractivity contribution in [2.24, 2.45) is 17.4 Å². The van der Waals surface area contributed by atoms with Gasteiger partial charge in [0.25, 0.3) is 0 Å². The molecule has 0 amide bonds. The second-order valence-electron chi connectivity index (χ2n) is 3.33. The van der Waals surface area contributed by atoms with Gasteiger partial charge >= 0.3 is 0 Å². The van der Waals surface area contributed by atoms with E-state index >= 15 is 0 Å². The lowest BCUT2D eigenvalue weighted by molar-refractivity contribution is 0.498. The van der Waals surface area contributed by atoms with Crippen LogP contribution in [0.15, 0.2) is 12.2 Å². The van der Waals surface area contributed by atoms with Crippen LogP contribution in [-0.2, 0) is 0 Å². The van der Waals surface area contributed by atoms with Crippen molar-refractivity contribution in [3.8, 4) is 0 Å². The molecule has 0 aromatic heterocycles. The minimum absolute atomic E-state index is 0.304. The summed E-state index contributed by atoms with van der Waals surface area (Å²) in [5.74, 6) is 0.691. The second-order valence-corrected chi connectivity index (χ2v) is 3.33. The molecular formula is C9H20N2. The highest BCUT2D eigenvalue weighted by Gasteiger charge is 2.01. The summed E-state index contributed by atoms with van der Waals surface area (Å²) in [6.45, 7) is 4.99. The average Bonchev–Trinajstić information content (AvgIpc) is 1.86. The maximum Gasteiger partial charge on any atom is 0.0106 e. The number of hydrogen-bond acceptors (Lipinski definition) is 2. The van der Waals surface area contributed by atoms with Gasteiger partial charge in [-0.25, -0.2) is 0 Å². The predicted octanol–water partition coefficient (Wildman–Crippen LogP) is 1.26. The normalized spacial score (nSPS) is 14.6. The van der Waals surface area contributed by atoms with Crippen LogP contribution in [0, 0.1) is 5.92 Å². The van der Waals surface area contributed by atoms with Crippen molar-refractivity contribution in [1.82, 2.24) is 0 Å². The van der Waals surface area contributed by atoms with E-state index in [4.69, 9.17) is 11.5 Å². The van der Waals surface area contributed by atoms with Gasteiger partial charge in [-0.2, -0.15) is 0 Å². The Morgan fingerprint density at radius 3 is 2.36 bits per heavy atom. The van der Waals surface area contributed by atoms with E-state index < -0.39 is 0 Å². The smallest absolute Gasteiger partial charge is 0.0106 e. The van der Waals surface area contributed by atoms with Crippen molar-refractivity contribution in [2.75, 3.05) is 6.54 Å². The summed E-state index contributed by atoms with van der Waals surface area (Å²) in [7, 11) is 0. The average molecular weight is 156 g/mol. The standard InChI is InChI=1S/C9H20N2/c1-8(2)7-9(11)5-3-4-6-10/h3-4,8-9H,5-7,10-11H2,1-2H3/b4-3+/t9-/m1/s1. The summed E-state index contributed by atoms with van der Waals surface area (Å²) in [5.41, 5.74) is 11.1. The summed E-state index contributed by atoms with van der Waals surface area (Å²) in [5, 5.41) is 0. The summed E-state index contributed by atoms with van der Waals surface area (Å²) in [6, 6.07) is 0.304. The van der Waals surface area contributed by atoms with Gasteiger partial charge in [-0.3, -0.25) is 0 Å². The molecule has 0 saturated heterocycles. The van der Waals surface area contributed by atoms with Gasteiger partial charge in [0, 0.05) is 12.6 Å². The van der Waals surface area contributed by atoms with Crippen LogP contribution in [0.3, 0.4) is 0 Å². The fourth-order valence-corrected chi connectivity index (χ4v) is 1.07. The Kier molecular flexibility index (Phi) is 6.18. The lowest BCUT2D eigenvalue weighted by atomic mass is 10.0. The molecule has 0 aliphatic rings. The summed E-state index contributed by atoms with van der Waals surface area (Å²) >= 11 is 0. The molecule has 0 spiro atoms. The van der Waals surface area contributed by atoms with E-state index in [1.807, 2.05) is 6.08 Å². The molecule has 2 nitrogen and oxygen atoms in total. The first-order chi connectivity index (χ1) is 5.16. The highest BCUT2D eigenvalue weighted by atomic mass is 14.6. The Morgan fingerprint density at radius 1 is 1.27 bits per heavy atom. The number of hydrogen-bond donors (Lipinski definition) is 2. The van der Waals surface area contributed by atoms with Crippen LogP contribution in [0.5, 0.6) is 0 Å². The van der Waals surface area contributed by atoms with E-state index in [-0.39, 0.29) is 0 Å². The Balaban J connectivity index is 3.36. The Labute approximate surface area is 69.6 Å². The summed E-state index contributed by atoms with van der Waals surface area (Å²) in [6.07, 6.45) is 6.07. The van der Waals surface area contributed by atoms with Crippen molar-refractivity contribution in [2.45, 2.75) is 32.7 Å². The van der Waals surface area contributed by atoms with Crippen molar-refractivity contribution in [1.29, 1.82) is 0 Å². The third-order valence-corrected chi connectivity index (χ3v) is 1.52. The second kappa shape index (κ2) is 6.38. The maximum atomic E-state index is 5.82. The van der Waals surface area contributed by atoms with E-state index in [9.17, 15) is 0 Å². The lowest BCUT2D eigenvalue weighted by Crippen LogP contribution is -2.21. The topological polar surface area (TPSA) is 52.0 Å². The minimum Gasteiger partial charge on any atom is -0.327 e. The zero-order chi connectivity index (χ0) is 8.69. The Hall–Kier alpha value is -0.340. The first-order valence-corrected chi connectivity index (χ1v) is 4.27. The van der Waals surface area contributed by atoms with Gasteiger partial charge < -0.3 is 11.5 Å². The van der Waals surface area contributed by atoms with E-state index in [1.165, 1.54) is 0 Å². The highest BCUT2D eigenvalue weighted by molar-refractivity contribution is 4.86. The van der Waals surface area contributed by atoms with Gasteiger partial charge in [-0.1, -0.05) is 26.0 Å². The summed E-state index contributed by atoms with van der Waals surface area (Å²) < 4.78 is 0. The zero-order valence-electron chi connectivity index (χ0n) is 7.59. The van der Waals surface area contributed by atoms with Gasteiger partial charge in [0.1, 0.15) is 0 Å². The van der Waals surface area contributed by atoms with Gasteiger partial charge in [-0.05, 0) is 18.8 Å². The van der Waals surface area contributed by atoms with Crippen molar-refractivity contribution >= 4 is 0 Å². The third kappa shape index (κ3) is 7.56. The first-order valence-electron chi connectivity index (χ1n) is 4.27. The van der Waals surface area contributed by atoms with E-state index in [1.54, 1.807) is 0 Å². The fourth-order valence-electron chi connectivity index (χ4n) is 1.07. The molecule has 0 bridgehead atoms. The predicted molar refractivity (Wildman–Crippen MR) is 50.2 cm³/mol. The minimum atomic E-state index is 0.304. The van der Waals surface area contributed by atoms with Gasteiger partial charge in [0.05, 0.1) is 0 Å². The zero-order valence-corrected chi connectivity index (χ0v) is 7.59. The molecule has 0 unspecified atom stereocenters. The quantitative estimate of drug-likeness (QED) is 0.589. The Bertz CT molecular complexity index is 108. The molecule has 0 heterocycles. The van der Waals surface area contributed by atoms with E-state index in [0.29, 0.717) is 18.5 Å². The highest BCUT2D eigenvalue weighted by Crippen LogP contribution is 2.05. The maximum absolute atomic E-state index is 5.82. The van der Waals surface area contributed by atoms with Crippen molar-refractivity contribution in [3.63, 3.8) is 0 Å². The molecule has 0 rings (SSSR count). The van der Waals surface area contributed by atoms with Crippen molar-refractivity contribution in [3.05, 3.63) is 12.2 Å². The summed E-state index contributed by atoms with van der Waals surface area (Å²) in [4.78, 5) is 0. The van der Waals surface area contributed by atoms with Crippen LogP contribution >= 0.6 is 0 Å². The molecule has 0 aliphatic heterocycles. The van der Waals surface area contributed by atoms with Crippen LogP contribution < -0.4 is 11.5 Å². The lowest BCUT2D eigenvalue weighted by Gasteiger charge is -2.10. The molecule has 4 N–H and O–H groups in total. The molecule has 0 radical (unpaired) electrons. The Morgan fingerprint density at radius 2 is 1.91 bits per heavy atom. The molecule has 0 aromatic rings. The van der Waals surface area contributed by atoms with Gasteiger partial charge in [-0.15, -0.1) is 0 Å². The van der Waals surface area contributed by atoms with Gasteiger partial charge in [0.2, 0.25) is 0 Å². The SMILES string of the molecule is CC(C)C[C@H](N)C/C=C/CN. The molecule has 1 atom stereocenters. The van der Waals surface area contributed by atoms with Gasteiger partial charge in [0.15, 0.2) is 0 Å². The van der Waals surface area contributed by atoms with Crippen LogP contribution in [0.1, 0.15) is 26.7 Å². The molecule has 2 heteroatoms. The largest absolute Gasteiger partial charge is 0.327 e. The van der Waals surface area contributed by atoms with Crippen LogP contribution in [0.2, 0.25) is 0 Å². The monoisotopic (exact) mass is 156 g/mol. The number of nitrogens with two attached hydrogens (primary N) is 2. The number of rotatable bonds is 5. The molecule has 11 heavy (non-hydrogen) atoms. The molecule has 0 fully saturated rings. The third-order valence-electron chi connectivity index (χ3n) is 1.52.